The molecule has 0 saturated carbocycles. The van der Waals surface area contributed by atoms with Crippen LogP contribution in [0.25, 0.3) is 0 Å². The van der Waals surface area contributed by atoms with E-state index in [2.05, 4.69) is 5.32 Å². The van der Waals surface area contributed by atoms with Crippen molar-refractivity contribution in [3.05, 3.63) is 17.2 Å². The number of carboxylic acid groups (broad SMARTS) is 1. The van der Waals surface area contributed by atoms with Crippen LogP contribution in [0.3, 0.4) is 0 Å². The molecule has 1 rings (SSSR count). The van der Waals surface area contributed by atoms with Crippen LogP contribution in [0.5, 0.6) is 11.5 Å². The molecule has 1 aromatic rings. The van der Waals surface area contributed by atoms with Gasteiger partial charge in [0, 0.05) is 18.6 Å². The molecule has 0 aliphatic heterocycles. The Labute approximate surface area is 115 Å². The fourth-order valence-electron chi connectivity index (χ4n) is 1.39. The Kier molecular flexibility index (Phi) is 5.44. The maximum absolute atomic E-state index is 11.6. The van der Waals surface area contributed by atoms with Crippen molar-refractivity contribution < 1.29 is 24.2 Å². The Hall–Kier alpha value is -1.95. The molecule has 19 heavy (non-hydrogen) atoms. The topological polar surface area (TPSA) is 84.9 Å². The monoisotopic (exact) mass is 287 g/mol. The summed E-state index contributed by atoms with van der Waals surface area (Å²) in [5.41, 5.74) is 0.374. The van der Waals surface area contributed by atoms with Crippen LogP contribution in [0.1, 0.15) is 12.8 Å². The number of rotatable bonds is 6. The largest absolute Gasteiger partial charge is 0.495 e. The number of nitrogens with one attached hydrogen (secondary N) is 1. The molecule has 6 nitrogen and oxygen atoms in total. The molecule has 0 unspecified atom stereocenters. The van der Waals surface area contributed by atoms with E-state index in [0.717, 1.165) is 0 Å². The highest BCUT2D eigenvalue weighted by atomic mass is 35.5. The quantitative estimate of drug-likeness (QED) is 0.837. The van der Waals surface area contributed by atoms with Gasteiger partial charge in [0.15, 0.2) is 0 Å². The molecule has 1 aromatic carbocycles. The minimum atomic E-state index is -1.03. The van der Waals surface area contributed by atoms with Crippen molar-refractivity contribution in [3.63, 3.8) is 0 Å². The van der Waals surface area contributed by atoms with Gasteiger partial charge in [0.05, 0.1) is 31.4 Å². The zero-order valence-electron chi connectivity index (χ0n) is 10.5. The van der Waals surface area contributed by atoms with Gasteiger partial charge >= 0.3 is 5.97 Å². The van der Waals surface area contributed by atoms with Crippen molar-refractivity contribution in [1.29, 1.82) is 0 Å². The number of halogens is 1. The molecular weight excluding hydrogens is 274 g/mol. The average molecular weight is 288 g/mol. The van der Waals surface area contributed by atoms with E-state index in [1.54, 1.807) is 0 Å². The van der Waals surface area contributed by atoms with Crippen molar-refractivity contribution in [2.45, 2.75) is 12.8 Å². The van der Waals surface area contributed by atoms with Gasteiger partial charge in [-0.3, -0.25) is 9.59 Å². The van der Waals surface area contributed by atoms with Crippen molar-refractivity contribution in [2.75, 3.05) is 19.5 Å². The third-order valence-electron chi connectivity index (χ3n) is 2.31. The van der Waals surface area contributed by atoms with Gasteiger partial charge in [-0.2, -0.15) is 0 Å². The Morgan fingerprint density at radius 3 is 2.37 bits per heavy atom. The van der Waals surface area contributed by atoms with E-state index in [1.807, 2.05) is 0 Å². The third kappa shape index (κ3) is 4.33. The number of hydrogen-bond acceptors (Lipinski definition) is 4. The lowest BCUT2D eigenvalue weighted by molar-refractivity contribution is -0.138. The number of ether oxygens (including phenoxy) is 2. The minimum absolute atomic E-state index is 0.122. The lowest BCUT2D eigenvalue weighted by atomic mass is 10.2. The van der Waals surface area contributed by atoms with E-state index in [4.69, 9.17) is 26.2 Å². The van der Waals surface area contributed by atoms with Gasteiger partial charge in [-0.25, -0.2) is 0 Å². The molecule has 0 radical (unpaired) electrons. The second-order valence-corrected chi connectivity index (χ2v) is 4.04. The zero-order chi connectivity index (χ0) is 14.4. The lowest BCUT2D eigenvalue weighted by Crippen LogP contribution is -2.14. The second-order valence-electron chi connectivity index (χ2n) is 3.63. The summed E-state index contributed by atoms with van der Waals surface area (Å²) >= 11 is 5.92. The summed E-state index contributed by atoms with van der Waals surface area (Å²) in [6.07, 6.45) is -0.359. The van der Waals surface area contributed by atoms with Crippen LogP contribution in [-0.2, 0) is 9.59 Å². The SMILES string of the molecule is COc1cc(NC(=O)CCC(=O)O)c(OC)cc1Cl. The van der Waals surface area contributed by atoms with E-state index < -0.39 is 11.9 Å². The summed E-state index contributed by atoms with van der Waals surface area (Å²) in [5, 5.41) is 11.4. The van der Waals surface area contributed by atoms with Gasteiger partial charge < -0.3 is 19.9 Å². The molecule has 0 atom stereocenters. The Morgan fingerprint density at radius 1 is 1.21 bits per heavy atom. The minimum Gasteiger partial charge on any atom is -0.495 e. The molecule has 0 bridgehead atoms. The van der Waals surface area contributed by atoms with Gasteiger partial charge in [0.25, 0.3) is 0 Å². The van der Waals surface area contributed by atoms with Crippen LogP contribution in [0.15, 0.2) is 12.1 Å². The summed E-state index contributed by atoms with van der Waals surface area (Å²) in [4.78, 5) is 21.9. The summed E-state index contributed by atoms with van der Waals surface area (Å²) < 4.78 is 10.1. The van der Waals surface area contributed by atoms with Gasteiger partial charge in [0.2, 0.25) is 5.91 Å². The number of methoxy groups -OCH3 is 2. The van der Waals surface area contributed by atoms with E-state index in [-0.39, 0.29) is 12.8 Å². The number of carbonyl (C=O) groups is 2. The molecule has 0 aliphatic rings. The molecule has 0 aliphatic carbocycles. The second kappa shape index (κ2) is 6.84. The van der Waals surface area contributed by atoms with Crippen LogP contribution in [0.4, 0.5) is 5.69 Å². The first-order chi connectivity index (χ1) is 8.97. The van der Waals surface area contributed by atoms with Crippen LogP contribution in [-0.4, -0.2) is 31.2 Å². The lowest BCUT2D eigenvalue weighted by Gasteiger charge is -2.12. The van der Waals surface area contributed by atoms with E-state index in [9.17, 15) is 9.59 Å². The Bertz CT molecular complexity index is 489. The molecule has 104 valence electrons. The smallest absolute Gasteiger partial charge is 0.303 e. The highest BCUT2D eigenvalue weighted by Gasteiger charge is 2.13. The van der Waals surface area contributed by atoms with Gasteiger partial charge in [-0.1, -0.05) is 11.6 Å². The van der Waals surface area contributed by atoms with Crippen molar-refractivity contribution in [3.8, 4) is 11.5 Å². The van der Waals surface area contributed by atoms with Gasteiger partial charge in [-0.05, 0) is 0 Å². The van der Waals surface area contributed by atoms with Gasteiger partial charge in [0.1, 0.15) is 11.5 Å². The van der Waals surface area contributed by atoms with Crippen molar-refractivity contribution in [2.24, 2.45) is 0 Å². The number of amides is 1. The third-order valence-corrected chi connectivity index (χ3v) is 2.61. The Morgan fingerprint density at radius 2 is 1.84 bits per heavy atom. The highest BCUT2D eigenvalue weighted by Crippen LogP contribution is 2.35. The fourth-order valence-corrected chi connectivity index (χ4v) is 1.62. The molecule has 1 amide bonds. The maximum Gasteiger partial charge on any atom is 0.303 e. The van der Waals surface area contributed by atoms with Crippen molar-refractivity contribution in [1.82, 2.24) is 0 Å². The molecule has 0 fully saturated rings. The molecule has 0 heterocycles. The number of carbonyl (C=O) groups excluding carboxylic acids is 1. The molecule has 0 aromatic heterocycles. The number of anilines is 1. The predicted octanol–water partition coefficient (Wildman–Crippen LogP) is 2.16. The van der Waals surface area contributed by atoms with Crippen LogP contribution >= 0.6 is 11.6 Å². The summed E-state index contributed by atoms with van der Waals surface area (Å²) in [7, 11) is 2.88. The maximum atomic E-state index is 11.6. The highest BCUT2D eigenvalue weighted by molar-refractivity contribution is 6.32. The fraction of sp³-hybridized carbons (Fsp3) is 0.333. The summed E-state index contributed by atoms with van der Waals surface area (Å²) in [6, 6.07) is 3.02. The van der Waals surface area contributed by atoms with E-state index >= 15 is 0 Å². The number of hydrogen-bond donors (Lipinski definition) is 2. The average Bonchev–Trinajstić information content (AvgIpc) is 2.37. The molecule has 2 N–H and O–H groups in total. The zero-order valence-corrected chi connectivity index (χ0v) is 11.3. The van der Waals surface area contributed by atoms with Crippen LogP contribution < -0.4 is 14.8 Å². The first-order valence-electron chi connectivity index (χ1n) is 5.41. The number of carboxylic acids is 1. The van der Waals surface area contributed by atoms with Crippen molar-refractivity contribution >= 4 is 29.2 Å². The summed E-state index contributed by atoms with van der Waals surface area (Å²) in [5.74, 6) is -0.702. The molecule has 7 heteroatoms. The number of benzene rings is 1. The van der Waals surface area contributed by atoms with E-state index in [0.29, 0.717) is 22.2 Å². The van der Waals surface area contributed by atoms with Crippen LogP contribution in [0, 0.1) is 0 Å². The summed E-state index contributed by atoms with van der Waals surface area (Å²) in [6.45, 7) is 0. The molecule has 0 saturated heterocycles. The Balaban J connectivity index is 2.86. The van der Waals surface area contributed by atoms with E-state index in [1.165, 1.54) is 26.4 Å². The molecular formula is C12H14ClNO5. The van der Waals surface area contributed by atoms with Gasteiger partial charge in [-0.15, -0.1) is 0 Å². The number of aliphatic carboxylic acids is 1. The molecule has 0 spiro atoms. The first-order valence-corrected chi connectivity index (χ1v) is 5.79. The first kappa shape index (κ1) is 15.1. The predicted molar refractivity (Wildman–Crippen MR) is 70.1 cm³/mol. The van der Waals surface area contributed by atoms with Crippen LogP contribution in [0.2, 0.25) is 5.02 Å². The standard InChI is InChI=1S/C12H14ClNO5/c1-18-9-6-8(10(19-2)5-7(9)13)14-11(15)3-4-12(16)17/h5-6H,3-4H2,1-2H3,(H,14,15)(H,16,17). The normalized spacial score (nSPS) is 9.84.